The van der Waals surface area contributed by atoms with E-state index in [0.29, 0.717) is 0 Å². The third-order valence-corrected chi connectivity index (χ3v) is 0. The summed E-state index contributed by atoms with van der Waals surface area (Å²) in [7, 11) is 9.97. The van der Waals surface area contributed by atoms with Gasteiger partial charge in [0.2, 0.25) is 0 Å². The molecule has 5 heavy (non-hydrogen) atoms. The minimum absolute atomic E-state index is 0. The molecule has 0 fully saturated rings. The quantitative estimate of drug-likeness (QED) is 0.576. The van der Waals surface area contributed by atoms with E-state index in [1.54, 1.807) is 0 Å². The van der Waals surface area contributed by atoms with Crippen molar-refractivity contribution in [1.82, 2.24) is 0 Å². The van der Waals surface area contributed by atoms with E-state index in [9.17, 15) is 0 Å². The van der Waals surface area contributed by atoms with Crippen LogP contribution < -0.4 is 0 Å². The minimum atomic E-state index is -1.14. The molecule has 0 nitrogen and oxygen atoms in total. The van der Waals surface area contributed by atoms with Crippen molar-refractivity contribution in [3.63, 3.8) is 0 Å². The van der Waals surface area contributed by atoms with Gasteiger partial charge in [-0.3, -0.25) is 0 Å². The first-order valence-electron chi connectivity index (χ1n) is 0.535. The van der Waals surface area contributed by atoms with Crippen molar-refractivity contribution in [2.75, 3.05) is 0 Å². The van der Waals surface area contributed by atoms with Crippen LogP contribution in [0.2, 0.25) is 0 Å². The summed E-state index contributed by atoms with van der Waals surface area (Å²) < 4.78 is 0. The monoisotopic (exact) mass is 364 g/mol. The second kappa shape index (κ2) is 16.2. The minimum Gasteiger partial charge on any atom is 0 e. The summed E-state index contributed by atoms with van der Waals surface area (Å²) in [5.41, 5.74) is 0. The van der Waals surface area contributed by atoms with Crippen molar-refractivity contribution in [2.45, 2.75) is 0 Å². The number of rotatable bonds is 0. The Balaban J connectivity index is -0.0000000200. The van der Waals surface area contributed by atoms with Gasteiger partial charge in [-0.2, -0.15) is 0 Å². The third kappa shape index (κ3) is 21.9. The summed E-state index contributed by atoms with van der Waals surface area (Å²) in [6.07, 6.45) is 0. The fourth-order valence-corrected chi connectivity index (χ4v) is 0. The van der Waals surface area contributed by atoms with E-state index in [4.69, 9.17) is 16.5 Å². The van der Waals surface area contributed by atoms with Crippen LogP contribution >= 0.6 is 28.9 Å². The third-order valence-electron chi connectivity index (χ3n) is 0. The van der Waals surface area contributed by atoms with Crippen molar-refractivity contribution >= 4 is 28.9 Å². The topological polar surface area (TPSA) is 0 Å². The maximum atomic E-state index is 4.99. The van der Waals surface area contributed by atoms with Gasteiger partial charge in [0.25, 0.3) is 0 Å². The SMILES string of the molecule is Cl.[Cl][Hg][Cl].[Fe]. The van der Waals surface area contributed by atoms with E-state index >= 15 is 0 Å². The summed E-state index contributed by atoms with van der Waals surface area (Å²) in [5, 5.41) is 0. The van der Waals surface area contributed by atoms with Crippen molar-refractivity contribution in [2.24, 2.45) is 0 Å². The van der Waals surface area contributed by atoms with E-state index in [1.807, 2.05) is 0 Å². The fraction of sp³-hybridized carbons (Fsp3) is 0. The molecular formula is HCl3FeHg. The predicted molar refractivity (Wildman–Crippen MR) is 19.0 cm³/mol. The van der Waals surface area contributed by atoms with Crippen molar-refractivity contribution in [3.8, 4) is 0 Å². The van der Waals surface area contributed by atoms with Gasteiger partial charge < -0.3 is 0 Å². The van der Waals surface area contributed by atoms with Crippen LogP contribution in [0.5, 0.6) is 0 Å². The van der Waals surface area contributed by atoms with E-state index in [0.717, 1.165) is 0 Å². The first kappa shape index (κ1) is 15.7. The summed E-state index contributed by atoms with van der Waals surface area (Å²) in [6.45, 7) is 0. The molecule has 0 aliphatic heterocycles. The van der Waals surface area contributed by atoms with Gasteiger partial charge in [0.15, 0.2) is 0 Å². The second-order valence-electron chi connectivity index (χ2n) is 0.101. The van der Waals surface area contributed by atoms with Crippen molar-refractivity contribution in [1.29, 1.82) is 0 Å². The normalized spacial score (nSPS) is 2.00. The summed E-state index contributed by atoms with van der Waals surface area (Å²) in [6, 6.07) is 0. The van der Waals surface area contributed by atoms with Crippen molar-refractivity contribution in [3.05, 3.63) is 0 Å². The number of halogens is 3. The molecule has 0 heterocycles. The van der Waals surface area contributed by atoms with Crippen LogP contribution in [0.4, 0.5) is 0 Å². The van der Waals surface area contributed by atoms with Gasteiger partial charge in [0.1, 0.15) is 0 Å². The molecule has 0 spiro atoms. The van der Waals surface area contributed by atoms with E-state index in [1.165, 1.54) is 0 Å². The van der Waals surface area contributed by atoms with Gasteiger partial charge in [-0.1, -0.05) is 0 Å². The van der Waals surface area contributed by atoms with Crippen LogP contribution in [0.3, 0.4) is 0 Å². The Labute approximate surface area is 67.2 Å². The maximum absolute atomic E-state index is 4.99. The smallest absolute Gasteiger partial charge is 0 e. The fourth-order valence-electron chi connectivity index (χ4n) is 0. The van der Waals surface area contributed by atoms with Crippen LogP contribution in [0.15, 0.2) is 0 Å². The molecule has 0 atom stereocenters. The molecule has 0 saturated heterocycles. The second-order valence-corrected chi connectivity index (χ2v) is 7.98. The van der Waals surface area contributed by atoms with Gasteiger partial charge in [-0.15, -0.1) is 12.4 Å². The van der Waals surface area contributed by atoms with E-state index in [2.05, 4.69) is 0 Å². The van der Waals surface area contributed by atoms with Crippen LogP contribution in [0.1, 0.15) is 0 Å². The van der Waals surface area contributed by atoms with Crippen LogP contribution in [-0.4, -0.2) is 0 Å². The molecule has 0 unspecified atom stereocenters. The maximum Gasteiger partial charge on any atom is 0 e. The van der Waals surface area contributed by atoms with E-state index < -0.39 is 22.1 Å². The molecule has 0 aliphatic rings. The average Bonchev–Trinajstić information content (AvgIpc) is 0.918. The van der Waals surface area contributed by atoms with E-state index in [-0.39, 0.29) is 29.5 Å². The molecule has 0 saturated carbocycles. The van der Waals surface area contributed by atoms with Crippen LogP contribution in [0, 0.1) is 0 Å². The zero-order valence-corrected chi connectivity index (χ0v) is 11.2. The Morgan fingerprint density at radius 1 is 1.20 bits per heavy atom. The van der Waals surface area contributed by atoms with Gasteiger partial charge in [0, 0.05) is 17.1 Å². The van der Waals surface area contributed by atoms with Crippen LogP contribution in [0.25, 0.3) is 0 Å². The molecular weight excluding hydrogens is 363 g/mol. The molecule has 0 rings (SSSR count). The summed E-state index contributed by atoms with van der Waals surface area (Å²) >= 11 is -1.14. The first-order valence-corrected chi connectivity index (χ1v) is 14.1. The Bertz CT molecular complexity index is 6.85. The zero-order valence-electron chi connectivity index (χ0n) is 2.22. The van der Waals surface area contributed by atoms with Gasteiger partial charge >= 0.3 is 38.6 Å². The summed E-state index contributed by atoms with van der Waals surface area (Å²) in [4.78, 5) is 0. The Morgan fingerprint density at radius 3 is 1.20 bits per heavy atom. The average molecular weight is 364 g/mol. The molecule has 0 N–H and O–H groups in total. The van der Waals surface area contributed by atoms with Gasteiger partial charge in [-0.05, 0) is 0 Å². The summed E-state index contributed by atoms with van der Waals surface area (Å²) in [5.74, 6) is 0. The standard InChI is InChI=1S/3ClH.Fe.Hg/h3*1H;;/q;;;;+2/p-2. The van der Waals surface area contributed by atoms with Crippen LogP contribution in [-0.2, 0) is 39.2 Å². The molecule has 32 valence electrons. The first-order chi connectivity index (χ1) is 1.41. The molecule has 0 bridgehead atoms. The molecule has 0 aliphatic carbocycles. The Kier molecular flexibility index (Phi) is 50.8. The molecule has 0 amide bonds. The molecule has 0 aromatic carbocycles. The molecule has 5 heteroatoms. The predicted octanol–water partition coefficient (Wildman–Crippen LogP) is 1.80. The van der Waals surface area contributed by atoms with Gasteiger partial charge in [-0.25, -0.2) is 0 Å². The Hall–Kier alpha value is 2.32. The molecule has 0 radical (unpaired) electrons. The largest absolute Gasteiger partial charge is 0 e. The van der Waals surface area contributed by atoms with Gasteiger partial charge in [0.05, 0.1) is 0 Å². The number of hydrogen-bond donors (Lipinski definition) is 0. The zero-order chi connectivity index (χ0) is 2.71. The number of hydrogen-bond acceptors (Lipinski definition) is 0. The molecule has 0 aromatic rings. The van der Waals surface area contributed by atoms with Crippen molar-refractivity contribution < 1.29 is 39.2 Å². The Morgan fingerprint density at radius 2 is 1.20 bits per heavy atom. The molecule has 0 aromatic heterocycles.